The summed E-state index contributed by atoms with van der Waals surface area (Å²) in [4.78, 5) is 10.8. The number of hydrogen-bond donors (Lipinski definition) is 0. The largest absolute Gasteiger partial charge is 0.342 e. The molecule has 1 atom stereocenters. The van der Waals surface area contributed by atoms with Gasteiger partial charge >= 0.3 is 0 Å². The third-order valence-electron chi connectivity index (χ3n) is 4.27. The molecule has 4 rings (SSSR count). The second-order valence-electron chi connectivity index (χ2n) is 5.01. The zero-order valence-corrected chi connectivity index (χ0v) is 11.3. The fourth-order valence-corrected chi connectivity index (χ4v) is 3.52. The number of nitrogens with zero attached hydrogens (tertiary/aromatic N) is 6. The molecule has 2 aromatic rings. The van der Waals surface area contributed by atoms with Crippen molar-refractivity contribution in [1.29, 1.82) is 0 Å². The van der Waals surface area contributed by atoms with Crippen LogP contribution in [0.25, 0.3) is 5.69 Å². The standard InChI is InChI=1S/C12H13ClN6/c1-2-12-4-3-5-19(12)9-8(6-14-11(13)16-9)18-7-15-17-10(12)18/h6-7H,2-5H2,1H3/t12-/m0/s1. The van der Waals surface area contributed by atoms with Crippen LogP contribution in [0.1, 0.15) is 32.0 Å². The minimum absolute atomic E-state index is 0.0960. The Labute approximate surface area is 115 Å². The number of anilines is 1. The molecule has 0 radical (unpaired) electrons. The maximum Gasteiger partial charge on any atom is 0.224 e. The molecule has 2 aromatic heterocycles. The van der Waals surface area contributed by atoms with Crippen LogP contribution in [0.2, 0.25) is 5.28 Å². The summed E-state index contributed by atoms with van der Waals surface area (Å²) in [5, 5.41) is 8.71. The summed E-state index contributed by atoms with van der Waals surface area (Å²) in [6.45, 7) is 3.16. The number of fused-ring (bicyclic) bond motifs is 6. The monoisotopic (exact) mass is 276 g/mol. The van der Waals surface area contributed by atoms with Crippen molar-refractivity contribution in [2.75, 3.05) is 11.4 Å². The van der Waals surface area contributed by atoms with Crippen LogP contribution in [0.4, 0.5) is 5.82 Å². The molecule has 0 amide bonds. The predicted octanol–water partition coefficient (Wildman–Crippen LogP) is 1.93. The van der Waals surface area contributed by atoms with Crippen LogP contribution < -0.4 is 4.90 Å². The van der Waals surface area contributed by atoms with E-state index in [9.17, 15) is 0 Å². The van der Waals surface area contributed by atoms with Gasteiger partial charge in [0.1, 0.15) is 17.6 Å². The Bertz CT molecular complexity index is 653. The molecular weight excluding hydrogens is 264 g/mol. The van der Waals surface area contributed by atoms with E-state index in [2.05, 4.69) is 32.0 Å². The van der Waals surface area contributed by atoms with E-state index in [4.69, 9.17) is 11.6 Å². The number of halogens is 1. The summed E-state index contributed by atoms with van der Waals surface area (Å²) in [5.74, 6) is 1.89. The first-order chi connectivity index (χ1) is 9.26. The smallest absolute Gasteiger partial charge is 0.224 e. The Morgan fingerprint density at radius 3 is 3.21 bits per heavy atom. The first-order valence-corrected chi connectivity index (χ1v) is 6.85. The van der Waals surface area contributed by atoms with Crippen molar-refractivity contribution in [2.24, 2.45) is 0 Å². The Balaban J connectivity index is 2.05. The molecule has 0 unspecified atom stereocenters. The first kappa shape index (κ1) is 11.2. The summed E-state index contributed by atoms with van der Waals surface area (Å²) < 4.78 is 2.00. The van der Waals surface area contributed by atoms with Crippen molar-refractivity contribution in [1.82, 2.24) is 24.7 Å². The molecule has 6 nitrogen and oxygen atoms in total. The molecule has 0 aliphatic carbocycles. The van der Waals surface area contributed by atoms with Gasteiger partial charge in [-0.2, -0.15) is 4.98 Å². The van der Waals surface area contributed by atoms with Gasteiger partial charge in [-0.3, -0.25) is 4.57 Å². The maximum atomic E-state index is 5.97. The van der Waals surface area contributed by atoms with Crippen LogP contribution in [0, 0.1) is 0 Å². The van der Waals surface area contributed by atoms with Crippen LogP contribution in [-0.2, 0) is 5.54 Å². The SMILES string of the molecule is CC[C@@]12CCCN1c1nc(Cl)ncc1-n1cnnc12. The fraction of sp³-hybridized carbons (Fsp3) is 0.500. The highest BCUT2D eigenvalue weighted by Crippen LogP contribution is 2.48. The predicted molar refractivity (Wildman–Crippen MR) is 70.5 cm³/mol. The molecule has 0 N–H and O–H groups in total. The van der Waals surface area contributed by atoms with Gasteiger partial charge in [-0.15, -0.1) is 10.2 Å². The second-order valence-corrected chi connectivity index (χ2v) is 5.35. The van der Waals surface area contributed by atoms with Crippen molar-refractivity contribution in [3.63, 3.8) is 0 Å². The molecule has 98 valence electrons. The van der Waals surface area contributed by atoms with Gasteiger partial charge in [-0.1, -0.05) is 6.92 Å². The van der Waals surface area contributed by atoms with Gasteiger partial charge in [0.25, 0.3) is 0 Å². The van der Waals surface area contributed by atoms with E-state index in [0.717, 1.165) is 43.1 Å². The molecular formula is C12H13ClN6. The molecule has 7 heteroatoms. The summed E-state index contributed by atoms with van der Waals surface area (Å²) in [7, 11) is 0. The molecule has 1 fully saturated rings. The van der Waals surface area contributed by atoms with Crippen LogP contribution in [0.15, 0.2) is 12.5 Å². The lowest BCUT2D eigenvalue weighted by atomic mass is 9.90. The van der Waals surface area contributed by atoms with Crippen molar-refractivity contribution in [2.45, 2.75) is 31.7 Å². The lowest BCUT2D eigenvalue weighted by molar-refractivity contribution is 0.382. The van der Waals surface area contributed by atoms with Gasteiger partial charge in [0, 0.05) is 6.54 Å². The second kappa shape index (κ2) is 3.66. The molecule has 0 bridgehead atoms. The zero-order valence-electron chi connectivity index (χ0n) is 10.5. The maximum absolute atomic E-state index is 5.97. The van der Waals surface area contributed by atoms with Crippen LogP contribution in [0.5, 0.6) is 0 Å². The minimum Gasteiger partial charge on any atom is -0.342 e. The average molecular weight is 277 g/mol. The summed E-state index contributed by atoms with van der Waals surface area (Å²) in [6, 6.07) is 0. The molecule has 1 saturated heterocycles. The van der Waals surface area contributed by atoms with Crippen molar-refractivity contribution < 1.29 is 0 Å². The lowest BCUT2D eigenvalue weighted by Gasteiger charge is -2.42. The minimum atomic E-state index is -0.0960. The lowest BCUT2D eigenvalue weighted by Crippen LogP contribution is -2.46. The van der Waals surface area contributed by atoms with E-state index in [1.807, 2.05) is 4.57 Å². The van der Waals surface area contributed by atoms with Crippen LogP contribution in [0.3, 0.4) is 0 Å². The molecule has 19 heavy (non-hydrogen) atoms. The van der Waals surface area contributed by atoms with Gasteiger partial charge in [0.05, 0.1) is 6.20 Å². The van der Waals surface area contributed by atoms with E-state index in [1.54, 1.807) is 12.5 Å². The molecule has 2 aliphatic heterocycles. The van der Waals surface area contributed by atoms with E-state index in [-0.39, 0.29) is 10.8 Å². The fourth-order valence-electron chi connectivity index (χ4n) is 3.39. The van der Waals surface area contributed by atoms with E-state index in [0.29, 0.717) is 0 Å². The van der Waals surface area contributed by atoms with Crippen molar-refractivity contribution in [3.8, 4) is 5.69 Å². The molecule has 4 heterocycles. The zero-order chi connectivity index (χ0) is 13.0. The number of rotatable bonds is 1. The summed E-state index contributed by atoms with van der Waals surface area (Å²) in [5.41, 5.74) is 0.816. The van der Waals surface area contributed by atoms with E-state index < -0.39 is 0 Å². The van der Waals surface area contributed by atoms with Crippen LogP contribution >= 0.6 is 11.6 Å². The average Bonchev–Trinajstić information content (AvgIpc) is 3.05. The van der Waals surface area contributed by atoms with Crippen molar-refractivity contribution >= 4 is 17.4 Å². The van der Waals surface area contributed by atoms with E-state index in [1.165, 1.54) is 0 Å². The first-order valence-electron chi connectivity index (χ1n) is 6.47. The van der Waals surface area contributed by atoms with Gasteiger partial charge in [0.15, 0.2) is 11.6 Å². The Kier molecular flexibility index (Phi) is 2.15. The van der Waals surface area contributed by atoms with Crippen LogP contribution in [-0.4, -0.2) is 31.3 Å². The topological polar surface area (TPSA) is 59.7 Å². The molecule has 0 spiro atoms. The Morgan fingerprint density at radius 2 is 2.37 bits per heavy atom. The third-order valence-corrected chi connectivity index (χ3v) is 4.46. The highest BCUT2D eigenvalue weighted by Gasteiger charge is 2.49. The van der Waals surface area contributed by atoms with E-state index >= 15 is 0 Å². The summed E-state index contributed by atoms with van der Waals surface area (Å²) in [6.07, 6.45) is 6.66. The summed E-state index contributed by atoms with van der Waals surface area (Å²) >= 11 is 5.97. The highest BCUT2D eigenvalue weighted by molar-refractivity contribution is 6.28. The van der Waals surface area contributed by atoms with Crippen molar-refractivity contribution in [3.05, 3.63) is 23.6 Å². The number of aromatic nitrogens is 5. The number of hydrogen-bond acceptors (Lipinski definition) is 5. The van der Waals surface area contributed by atoms with Gasteiger partial charge in [-0.05, 0) is 30.9 Å². The molecule has 0 aromatic carbocycles. The van der Waals surface area contributed by atoms with Gasteiger partial charge in [-0.25, -0.2) is 4.98 Å². The van der Waals surface area contributed by atoms with Gasteiger partial charge < -0.3 is 4.90 Å². The Hall–Kier alpha value is -1.69. The Morgan fingerprint density at radius 1 is 1.47 bits per heavy atom. The molecule has 0 saturated carbocycles. The third kappa shape index (κ3) is 1.27. The highest BCUT2D eigenvalue weighted by atomic mass is 35.5. The quantitative estimate of drug-likeness (QED) is 0.745. The van der Waals surface area contributed by atoms with Gasteiger partial charge in [0.2, 0.25) is 5.28 Å². The molecule has 2 aliphatic rings. The normalized spacial score (nSPS) is 24.0.